The van der Waals surface area contributed by atoms with E-state index in [9.17, 15) is 19.7 Å². The van der Waals surface area contributed by atoms with Gasteiger partial charge in [-0.3, -0.25) is 19.7 Å². The molecule has 0 unspecified atom stereocenters. The molecule has 0 saturated heterocycles. The minimum atomic E-state index is -0.535. The van der Waals surface area contributed by atoms with Crippen molar-refractivity contribution in [2.45, 2.75) is 0 Å². The third-order valence-corrected chi connectivity index (χ3v) is 5.11. The predicted molar refractivity (Wildman–Crippen MR) is 115 cm³/mol. The van der Waals surface area contributed by atoms with E-state index < -0.39 is 16.7 Å². The van der Waals surface area contributed by atoms with Gasteiger partial charge in [-0.1, -0.05) is 18.2 Å². The highest BCUT2D eigenvalue weighted by molar-refractivity contribution is 6.46. The van der Waals surface area contributed by atoms with Crippen molar-refractivity contribution in [3.63, 3.8) is 0 Å². The van der Waals surface area contributed by atoms with Crippen LogP contribution in [0.1, 0.15) is 5.56 Å². The van der Waals surface area contributed by atoms with Gasteiger partial charge in [0.2, 0.25) is 6.79 Å². The van der Waals surface area contributed by atoms with Crippen LogP contribution in [-0.2, 0) is 9.59 Å². The van der Waals surface area contributed by atoms with Gasteiger partial charge < -0.3 is 14.8 Å². The summed E-state index contributed by atoms with van der Waals surface area (Å²) >= 11 is 0. The fourth-order valence-corrected chi connectivity index (χ4v) is 3.59. The smallest absolute Gasteiger partial charge is 0.282 e. The van der Waals surface area contributed by atoms with Gasteiger partial charge in [0.25, 0.3) is 17.5 Å². The predicted octanol–water partition coefficient (Wildman–Crippen LogP) is 3.72. The van der Waals surface area contributed by atoms with Gasteiger partial charge in [-0.15, -0.1) is 0 Å². The summed E-state index contributed by atoms with van der Waals surface area (Å²) in [7, 11) is 0. The van der Waals surface area contributed by atoms with Crippen molar-refractivity contribution in [1.29, 1.82) is 0 Å². The SMILES string of the molecule is O=C1C(Nc2ccc3c(c2)OCO3)=C(c2ccc([N+](=O)[O-])cc2)C(=O)N1c1ccccc1. The molecule has 9 nitrogen and oxygen atoms in total. The fraction of sp³-hybridized carbons (Fsp3) is 0.0435. The number of para-hydroxylation sites is 1. The molecule has 158 valence electrons. The lowest BCUT2D eigenvalue weighted by atomic mass is 10.0. The number of anilines is 2. The molecule has 0 spiro atoms. The first-order valence-corrected chi connectivity index (χ1v) is 9.62. The second kappa shape index (κ2) is 7.55. The van der Waals surface area contributed by atoms with Gasteiger partial charge in [-0.05, 0) is 42.0 Å². The molecular formula is C23H15N3O6. The lowest BCUT2D eigenvalue weighted by molar-refractivity contribution is -0.384. The lowest BCUT2D eigenvalue weighted by Gasteiger charge is -2.15. The molecule has 0 fully saturated rings. The summed E-state index contributed by atoms with van der Waals surface area (Å²) in [5, 5.41) is 14.0. The minimum absolute atomic E-state index is 0.0616. The average Bonchev–Trinajstić information content (AvgIpc) is 3.36. The molecule has 2 amide bonds. The number of nitrogens with zero attached hydrogens (tertiary/aromatic N) is 2. The average molecular weight is 429 g/mol. The molecule has 1 N–H and O–H groups in total. The van der Waals surface area contributed by atoms with Gasteiger partial charge in [0.05, 0.1) is 16.2 Å². The van der Waals surface area contributed by atoms with E-state index in [0.717, 1.165) is 4.90 Å². The number of fused-ring (bicyclic) bond motifs is 1. The van der Waals surface area contributed by atoms with E-state index in [1.54, 1.807) is 48.5 Å². The molecule has 0 aliphatic carbocycles. The van der Waals surface area contributed by atoms with Gasteiger partial charge in [0.1, 0.15) is 5.70 Å². The molecule has 3 aromatic rings. The molecule has 2 heterocycles. The number of benzene rings is 3. The highest BCUT2D eigenvalue weighted by Gasteiger charge is 2.40. The molecule has 9 heteroatoms. The highest BCUT2D eigenvalue weighted by Crippen LogP contribution is 2.37. The Kier molecular flexibility index (Phi) is 4.55. The molecule has 0 saturated carbocycles. The molecule has 5 rings (SSSR count). The third kappa shape index (κ3) is 3.21. The topological polar surface area (TPSA) is 111 Å². The quantitative estimate of drug-likeness (QED) is 0.374. The summed E-state index contributed by atoms with van der Waals surface area (Å²) in [6.07, 6.45) is 0. The van der Waals surface area contributed by atoms with E-state index in [4.69, 9.17) is 9.47 Å². The van der Waals surface area contributed by atoms with E-state index in [0.29, 0.717) is 28.4 Å². The van der Waals surface area contributed by atoms with Crippen LogP contribution in [0, 0.1) is 10.1 Å². The molecule has 32 heavy (non-hydrogen) atoms. The van der Waals surface area contributed by atoms with Gasteiger partial charge in [0.15, 0.2) is 11.5 Å². The lowest BCUT2D eigenvalue weighted by Crippen LogP contribution is -2.32. The molecule has 0 aromatic heterocycles. The summed E-state index contributed by atoms with van der Waals surface area (Å²) in [6.45, 7) is 0.106. The van der Waals surface area contributed by atoms with Crippen molar-refractivity contribution in [1.82, 2.24) is 0 Å². The van der Waals surface area contributed by atoms with E-state index in [1.807, 2.05) is 0 Å². The number of nitrogens with one attached hydrogen (secondary N) is 1. The summed E-state index contributed by atoms with van der Waals surface area (Å²) in [5.74, 6) is 0.0366. The Morgan fingerprint density at radius 1 is 0.875 bits per heavy atom. The van der Waals surface area contributed by atoms with Crippen LogP contribution in [0.5, 0.6) is 11.5 Å². The second-order valence-electron chi connectivity index (χ2n) is 7.03. The highest BCUT2D eigenvalue weighted by atomic mass is 16.7. The third-order valence-electron chi connectivity index (χ3n) is 5.11. The number of hydrogen-bond donors (Lipinski definition) is 1. The van der Waals surface area contributed by atoms with Gasteiger partial charge >= 0.3 is 0 Å². The minimum Gasteiger partial charge on any atom is -0.454 e. The zero-order valence-corrected chi connectivity index (χ0v) is 16.5. The maximum absolute atomic E-state index is 13.4. The number of non-ortho nitro benzene ring substituents is 1. The van der Waals surface area contributed by atoms with Crippen molar-refractivity contribution in [3.05, 3.63) is 94.2 Å². The van der Waals surface area contributed by atoms with Crippen LogP contribution in [0.25, 0.3) is 5.57 Å². The zero-order chi connectivity index (χ0) is 22.2. The molecule has 0 radical (unpaired) electrons. The largest absolute Gasteiger partial charge is 0.454 e. The van der Waals surface area contributed by atoms with Crippen LogP contribution >= 0.6 is 0 Å². The second-order valence-corrected chi connectivity index (χ2v) is 7.03. The van der Waals surface area contributed by atoms with E-state index in [-0.39, 0.29) is 23.8 Å². The van der Waals surface area contributed by atoms with Gasteiger partial charge in [-0.25, -0.2) is 4.90 Å². The van der Waals surface area contributed by atoms with Crippen molar-refractivity contribution in [3.8, 4) is 11.5 Å². The fourth-order valence-electron chi connectivity index (χ4n) is 3.59. The zero-order valence-electron chi connectivity index (χ0n) is 16.5. The first-order valence-electron chi connectivity index (χ1n) is 9.62. The van der Waals surface area contributed by atoms with Crippen molar-refractivity contribution < 1.29 is 24.0 Å². The molecule has 2 aliphatic heterocycles. The van der Waals surface area contributed by atoms with Crippen LogP contribution in [0.3, 0.4) is 0 Å². The number of carbonyl (C=O) groups is 2. The van der Waals surface area contributed by atoms with Crippen molar-refractivity contribution in [2.24, 2.45) is 0 Å². The monoisotopic (exact) mass is 429 g/mol. The number of ether oxygens (including phenoxy) is 2. The van der Waals surface area contributed by atoms with Crippen molar-refractivity contribution in [2.75, 3.05) is 17.0 Å². The maximum atomic E-state index is 13.4. The Labute approximate surface area is 181 Å². The number of rotatable bonds is 5. The summed E-state index contributed by atoms with van der Waals surface area (Å²) in [4.78, 5) is 38.3. The van der Waals surface area contributed by atoms with Crippen LogP contribution in [0.2, 0.25) is 0 Å². The van der Waals surface area contributed by atoms with Gasteiger partial charge in [0, 0.05) is 23.9 Å². The van der Waals surface area contributed by atoms with Gasteiger partial charge in [-0.2, -0.15) is 0 Å². The van der Waals surface area contributed by atoms with Crippen LogP contribution < -0.4 is 19.7 Å². The van der Waals surface area contributed by atoms with Crippen LogP contribution in [0.4, 0.5) is 17.1 Å². The van der Waals surface area contributed by atoms with E-state index >= 15 is 0 Å². The summed E-state index contributed by atoms with van der Waals surface area (Å²) in [5.41, 5.74) is 1.40. The standard InChI is InChI=1S/C23H15N3O6/c27-22-20(14-6-9-17(10-7-14)26(29)30)21(23(28)25(22)16-4-2-1-3-5-16)24-15-8-11-18-19(12-15)32-13-31-18/h1-12,24H,13H2. The first-order chi connectivity index (χ1) is 15.5. The molecule has 3 aromatic carbocycles. The molecule has 2 aliphatic rings. The van der Waals surface area contributed by atoms with E-state index in [2.05, 4.69) is 5.32 Å². The Bertz CT molecular complexity index is 1280. The number of amides is 2. The summed E-state index contributed by atoms with van der Waals surface area (Å²) in [6, 6.07) is 19.1. The Balaban J connectivity index is 1.59. The Hall–Kier alpha value is -4.66. The number of imide groups is 1. The molecule has 0 atom stereocenters. The maximum Gasteiger partial charge on any atom is 0.282 e. The normalized spacial score (nSPS) is 14.8. The number of nitro benzene ring substituents is 1. The van der Waals surface area contributed by atoms with Crippen LogP contribution in [-0.4, -0.2) is 23.5 Å². The van der Waals surface area contributed by atoms with Crippen LogP contribution in [0.15, 0.2) is 78.5 Å². The molecule has 0 bridgehead atoms. The van der Waals surface area contributed by atoms with E-state index in [1.165, 1.54) is 24.3 Å². The first kappa shape index (κ1) is 19.3. The number of hydrogen-bond acceptors (Lipinski definition) is 7. The number of nitro groups is 1. The summed E-state index contributed by atoms with van der Waals surface area (Å²) < 4.78 is 10.7. The Morgan fingerprint density at radius 3 is 2.31 bits per heavy atom. The Morgan fingerprint density at radius 2 is 1.59 bits per heavy atom. The molecular weight excluding hydrogens is 414 g/mol. The van der Waals surface area contributed by atoms with Crippen molar-refractivity contribution >= 4 is 34.4 Å². The number of carbonyl (C=O) groups excluding carboxylic acids is 2.